The smallest absolute Gasteiger partial charge is 0.267 e. The predicted molar refractivity (Wildman–Crippen MR) is 136 cm³/mol. The van der Waals surface area contributed by atoms with Crippen LogP contribution in [0.2, 0.25) is 0 Å². The summed E-state index contributed by atoms with van der Waals surface area (Å²) in [6.45, 7) is 2.28. The lowest BCUT2D eigenvalue weighted by Gasteiger charge is -2.12. The largest absolute Gasteiger partial charge is 0.467 e. The number of hydrogen-bond donors (Lipinski definition) is 0. The number of amidine groups is 1. The van der Waals surface area contributed by atoms with E-state index in [-0.39, 0.29) is 5.91 Å². The lowest BCUT2D eigenvalue weighted by molar-refractivity contribution is -0.122. The van der Waals surface area contributed by atoms with E-state index in [1.54, 1.807) is 23.4 Å². The molecule has 1 amide bonds. The summed E-state index contributed by atoms with van der Waals surface area (Å²) in [7, 11) is 0. The van der Waals surface area contributed by atoms with E-state index >= 15 is 0 Å². The maximum absolute atomic E-state index is 13.1. The first-order chi connectivity index (χ1) is 16.2. The molecular formula is C27H23N3O2S. The van der Waals surface area contributed by atoms with Crippen molar-refractivity contribution >= 4 is 41.2 Å². The maximum atomic E-state index is 13.1. The molecule has 2 aromatic carbocycles. The van der Waals surface area contributed by atoms with E-state index in [9.17, 15) is 4.79 Å². The van der Waals surface area contributed by atoms with Gasteiger partial charge in [-0.1, -0.05) is 72.8 Å². The number of furan rings is 1. The molecule has 0 bridgehead atoms. The van der Waals surface area contributed by atoms with Crippen molar-refractivity contribution in [2.75, 3.05) is 0 Å². The first-order valence-corrected chi connectivity index (χ1v) is 11.3. The van der Waals surface area contributed by atoms with Crippen LogP contribution in [0.1, 0.15) is 23.8 Å². The fraction of sp³-hybridized carbons (Fsp3) is 0.0741. The summed E-state index contributed by atoms with van der Waals surface area (Å²) in [5, 5.41) is 8.98. The summed E-state index contributed by atoms with van der Waals surface area (Å²) in [4.78, 5) is 15.3. The van der Waals surface area contributed by atoms with Crippen LogP contribution in [0.15, 0.2) is 116 Å². The third-order valence-corrected chi connectivity index (χ3v) is 5.72. The monoisotopic (exact) mass is 453 g/mol. The second kappa shape index (κ2) is 11.1. The van der Waals surface area contributed by atoms with Gasteiger partial charge in [0.1, 0.15) is 5.76 Å². The number of carbonyl (C=O) groups excluding carboxylic acids is 1. The molecule has 1 aromatic heterocycles. The molecule has 0 aliphatic carbocycles. The number of rotatable bonds is 7. The summed E-state index contributed by atoms with van der Waals surface area (Å²) in [6.07, 6.45) is 10.9. The predicted octanol–water partition coefficient (Wildman–Crippen LogP) is 6.40. The Kier molecular flexibility index (Phi) is 7.51. The molecule has 0 saturated carbocycles. The number of benzene rings is 2. The molecule has 33 heavy (non-hydrogen) atoms. The van der Waals surface area contributed by atoms with Crippen molar-refractivity contribution in [3.63, 3.8) is 0 Å². The van der Waals surface area contributed by atoms with Crippen LogP contribution in [0.3, 0.4) is 0 Å². The summed E-state index contributed by atoms with van der Waals surface area (Å²) < 4.78 is 5.44. The molecule has 2 heterocycles. The molecular weight excluding hydrogens is 430 g/mol. The van der Waals surface area contributed by atoms with Crippen molar-refractivity contribution in [2.24, 2.45) is 10.2 Å². The molecule has 5 nitrogen and oxygen atoms in total. The van der Waals surface area contributed by atoms with E-state index in [0.717, 1.165) is 16.7 Å². The fourth-order valence-corrected chi connectivity index (χ4v) is 4.17. The van der Waals surface area contributed by atoms with Gasteiger partial charge in [0, 0.05) is 6.21 Å². The summed E-state index contributed by atoms with van der Waals surface area (Å²) in [6, 6.07) is 23.6. The van der Waals surface area contributed by atoms with Crippen LogP contribution < -0.4 is 0 Å². The molecule has 1 aliphatic rings. The summed E-state index contributed by atoms with van der Waals surface area (Å²) in [5.41, 5.74) is 3.14. The minimum Gasteiger partial charge on any atom is -0.467 e. The Bertz CT molecular complexity index is 1220. The Balaban J connectivity index is 1.54. The topological polar surface area (TPSA) is 58.2 Å². The van der Waals surface area contributed by atoms with Crippen molar-refractivity contribution in [3.8, 4) is 0 Å². The highest BCUT2D eigenvalue weighted by Gasteiger charge is 2.34. The number of amides is 1. The molecule has 0 radical (unpaired) electrons. The van der Waals surface area contributed by atoms with Crippen molar-refractivity contribution in [3.05, 3.63) is 119 Å². The van der Waals surface area contributed by atoms with Crippen molar-refractivity contribution < 1.29 is 9.21 Å². The van der Waals surface area contributed by atoms with Gasteiger partial charge in [-0.15, -0.1) is 5.10 Å². The van der Waals surface area contributed by atoms with Crippen LogP contribution in [0.4, 0.5) is 0 Å². The molecule has 6 heteroatoms. The van der Waals surface area contributed by atoms with Crippen LogP contribution in [0, 0.1) is 0 Å². The molecule has 0 unspecified atom stereocenters. The van der Waals surface area contributed by atoms with Crippen molar-refractivity contribution in [1.29, 1.82) is 0 Å². The van der Waals surface area contributed by atoms with Gasteiger partial charge in [0.25, 0.3) is 5.91 Å². The van der Waals surface area contributed by atoms with Gasteiger partial charge < -0.3 is 4.42 Å². The van der Waals surface area contributed by atoms with E-state index < -0.39 is 0 Å². The molecule has 1 saturated heterocycles. The van der Waals surface area contributed by atoms with E-state index in [1.807, 2.05) is 98.0 Å². The number of hydrogen-bond acceptors (Lipinski definition) is 5. The van der Waals surface area contributed by atoms with Crippen LogP contribution in [-0.2, 0) is 11.3 Å². The summed E-state index contributed by atoms with van der Waals surface area (Å²) in [5.74, 6) is 0.563. The standard InChI is InChI=1S/C27H23N3O2S/c1-21(18-23-12-6-3-7-13-23)19-25-26(31)30(20-24-15-9-17-32-24)27(33-25)29-28-16-8-14-22-10-4-2-5-11-22/h2-19H,20H2,1H3/b14-8+,21-18+,25-19-,28-16-,29-27+. The summed E-state index contributed by atoms with van der Waals surface area (Å²) >= 11 is 1.31. The first-order valence-electron chi connectivity index (χ1n) is 10.5. The van der Waals surface area contributed by atoms with Gasteiger partial charge in [-0.3, -0.25) is 9.69 Å². The van der Waals surface area contributed by atoms with E-state index in [2.05, 4.69) is 10.2 Å². The fourth-order valence-electron chi connectivity index (χ4n) is 3.18. The second-order valence-electron chi connectivity index (χ2n) is 7.30. The van der Waals surface area contributed by atoms with Gasteiger partial charge in [0.2, 0.25) is 0 Å². The minimum atomic E-state index is -0.119. The van der Waals surface area contributed by atoms with Gasteiger partial charge >= 0.3 is 0 Å². The molecule has 1 aliphatic heterocycles. The van der Waals surface area contributed by atoms with Gasteiger partial charge in [0.15, 0.2) is 5.17 Å². The minimum absolute atomic E-state index is 0.119. The lowest BCUT2D eigenvalue weighted by Crippen LogP contribution is -2.28. The normalized spacial score (nSPS) is 17.3. The third kappa shape index (κ3) is 6.30. The van der Waals surface area contributed by atoms with Crippen LogP contribution >= 0.6 is 11.8 Å². The van der Waals surface area contributed by atoms with E-state index in [1.165, 1.54) is 11.8 Å². The van der Waals surface area contributed by atoms with Crippen molar-refractivity contribution in [2.45, 2.75) is 13.5 Å². The highest BCUT2D eigenvalue weighted by atomic mass is 32.2. The average molecular weight is 454 g/mol. The maximum Gasteiger partial charge on any atom is 0.267 e. The zero-order chi connectivity index (χ0) is 22.9. The SMILES string of the molecule is CC(/C=C1\S/C(=N/N=C\C=C\c2ccccc2)N(Cc2ccco2)C1=O)=C\c1ccccc1. The quantitative estimate of drug-likeness (QED) is 0.236. The molecule has 1 fully saturated rings. The van der Waals surface area contributed by atoms with Crippen LogP contribution in [-0.4, -0.2) is 22.2 Å². The lowest BCUT2D eigenvalue weighted by atomic mass is 10.1. The average Bonchev–Trinajstić information content (AvgIpc) is 3.44. The van der Waals surface area contributed by atoms with Crippen LogP contribution in [0.25, 0.3) is 12.2 Å². The molecule has 0 spiro atoms. The number of carbonyl (C=O) groups is 1. The Morgan fingerprint density at radius 3 is 2.42 bits per heavy atom. The Morgan fingerprint density at radius 1 is 1.00 bits per heavy atom. The zero-order valence-electron chi connectivity index (χ0n) is 18.2. The molecule has 3 aromatic rings. The Hall–Kier alpha value is -3.90. The number of allylic oxidation sites excluding steroid dienone is 3. The van der Waals surface area contributed by atoms with E-state index in [0.29, 0.717) is 22.4 Å². The highest BCUT2D eigenvalue weighted by molar-refractivity contribution is 8.18. The number of nitrogens with zero attached hydrogens (tertiary/aromatic N) is 3. The molecule has 164 valence electrons. The highest BCUT2D eigenvalue weighted by Crippen LogP contribution is 2.33. The van der Waals surface area contributed by atoms with Gasteiger partial charge in [-0.25, -0.2) is 0 Å². The van der Waals surface area contributed by atoms with Crippen molar-refractivity contribution in [1.82, 2.24) is 4.90 Å². The second-order valence-corrected chi connectivity index (χ2v) is 8.31. The molecule has 0 N–H and O–H groups in total. The molecule has 0 atom stereocenters. The zero-order valence-corrected chi connectivity index (χ0v) is 19.0. The van der Waals surface area contributed by atoms with E-state index in [4.69, 9.17) is 4.42 Å². The van der Waals surface area contributed by atoms with Crippen LogP contribution in [0.5, 0.6) is 0 Å². The van der Waals surface area contributed by atoms with Gasteiger partial charge in [-0.2, -0.15) is 5.10 Å². The molecule has 4 rings (SSSR count). The third-order valence-electron chi connectivity index (χ3n) is 4.72. The van der Waals surface area contributed by atoms with Gasteiger partial charge in [-0.05, 0) is 59.7 Å². The Morgan fingerprint density at radius 2 is 1.73 bits per heavy atom. The Labute approximate surface area is 197 Å². The van der Waals surface area contributed by atoms with Gasteiger partial charge in [0.05, 0.1) is 17.7 Å². The first kappa shape index (κ1) is 22.3. The number of thioether (sulfide) groups is 1.